The van der Waals surface area contributed by atoms with Crippen LogP contribution in [0.25, 0.3) is 0 Å². The maximum absolute atomic E-state index is 12.8. The summed E-state index contributed by atoms with van der Waals surface area (Å²) in [5, 5.41) is 0. The number of hydrogen-bond acceptors (Lipinski definition) is 1. The van der Waals surface area contributed by atoms with E-state index in [0.717, 1.165) is 12.0 Å². The summed E-state index contributed by atoms with van der Waals surface area (Å²) in [5.41, 5.74) is 7.45. The summed E-state index contributed by atoms with van der Waals surface area (Å²) in [6.45, 7) is 19.5. The van der Waals surface area contributed by atoms with E-state index in [9.17, 15) is 4.79 Å². The Balaban J connectivity index is 3.09. The van der Waals surface area contributed by atoms with E-state index in [4.69, 9.17) is 0 Å². The van der Waals surface area contributed by atoms with E-state index in [2.05, 4.69) is 62.3 Å². The van der Waals surface area contributed by atoms with Gasteiger partial charge in [0, 0.05) is 12.0 Å². The number of Topliss-reactive ketones (excluding diaryl/α,β-unsaturated/α-hetero) is 1. The Morgan fingerprint density at radius 2 is 1.24 bits per heavy atom. The van der Waals surface area contributed by atoms with E-state index in [0.29, 0.717) is 18.1 Å². The quantitative estimate of drug-likeness (QED) is 0.633. The fourth-order valence-electron chi connectivity index (χ4n) is 3.45. The third kappa shape index (κ3) is 4.18. The summed E-state index contributed by atoms with van der Waals surface area (Å²) in [6, 6.07) is 0. The molecule has 1 heteroatoms. The summed E-state index contributed by atoms with van der Waals surface area (Å²) in [7, 11) is 0. The number of benzene rings is 1. The first-order valence-electron chi connectivity index (χ1n) is 8.06. The molecule has 0 N–H and O–H groups in total. The maximum Gasteiger partial charge on any atom is 0.163 e. The van der Waals surface area contributed by atoms with Crippen molar-refractivity contribution >= 4 is 5.78 Å². The predicted octanol–water partition coefficient (Wildman–Crippen LogP) is 5.87. The van der Waals surface area contributed by atoms with E-state index in [1.54, 1.807) is 0 Å². The maximum atomic E-state index is 12.8. The fraction of sp³-hybridized carbons (Fsp3) is 0.650. The molecule has 0 radical (unpaired) electrons. The minimum absolute atomic E-state index is 0.281. The molecule has 0 aliphatic carbocycles. The van der Waals surface area contributed by atoms with Crippen LogP contribution in [0, 0.1) is 46.0 Å². The van der Waals surface area contributed by atoms with Gasteiger partial charge < -0.3 is 0 Å². The van der Waals surface area contributed by atoms with Gasteiger partial charge in [-0.25, -0.2) is 0 Å². The average molecular weight is 288 g/mol. The Hall–Kier alpha value is -1.11. The molecule has 1 rings (SSSR count). The molecule has 1 aromatic carbocycles. The molecule has 118 valence electrons. The third-order valence-electron chi connectivity index (χ3n) is 4.77. The van der Waals surface area contributed by atoms with E-state index in [1.807, 2.05) is 0 Å². The second-order valence-electron chi connectivity index (χ2n) is 8.00. The molecule has 21 heavy (non-hydrogen) atoms. The highest BCUT2D eigenvalue weighted by atomic mass is 16.1. The first-order chi connectivity index (χ1) is 9.45. The molecule has 0 aliphatic heterocycles. The van der Waals surface area contributed by atoms with Gasteiger partial charge >= 0.3 is 0 Å². The van der Waals surface area contributed by atoms with Crippen molar-refractivity contribution in [1.82, 2.24) is 0 Å². The fourth-order valence-corrected chi connectivity index (χ4v) is 3.45. The minimum Gasteiger partial charge on any atom is -0.294 e. The molecule has 0 heterocycles. The minimum atomic E-state index is 0.281. The van der Waals surface area contributed by atoms with Crippen LogP contribution < -0.4 is 0 Å². The van der Waals surface area contributed by atoms with Crippen LogP contribution in [-0.4, -0.2) is 5.78 Å². The van der Waals surface area contributed by atoms with Gasteiger partial charge in [0.25, 0.3) is 0 Å². The van der Waals surface area contributed by atoms with Gasteiger partial charge in [-0.05, 0) is 80.2 Å². The van der Waals surface area contributed by atoms with Crippen molar-refractivity contribution in [3.63, 3.8) is 0 Å². The van der Waals surface area contributed by atoms with Crippen molar-refractivity contribution in [2.45, 2.75) is 75.2 Å². The standard InChI is InChI=1S/C20H32O/c1-12(11-20(7,8)9)10-18(21)19-16(5)14(3)13(2)15(4)17(19)6/h12H,10-11H2,1-9H3. The molecule has 0 fully saturated rings. The third-order valence-corrected chi connectivity index (χ3v) is 4.77. The summed E-state index contributed by atoms with van der Waals surface area (Å²) in [5.74, 6) is 0.742. The van der Waals surface area contributed by atoms with Gasteiger partial charge in [0.05, 0.1) is 0 Å². The molecule has 0 spiro atoms. The van der Waals surface area contributed by atoms with Crippen LogP contribution in [0.3, 0.4) is 0 Å². The highest BCUT2D eigenvalue weighted by molar-refractivity contribution is 5.99. The van der Waals surface area contributed by atoms with Crippen molar-refractivity contribution in [3.05, 3.63) is 33.4 Å². The van der Waals surface area contributed by atoms with Gasteiger partial charge in [0.1, 0.15) is 0 Å². The SMILES string of the molecule is Cc1c(C)c(C)c(C(=O)CC(C)CC(C)(C)C)c(C)c1C. The van der Waals surface area contributed by atoms with Gasteiger partial charge in [-0.2, -0.15) is 0 Å². The Morgan fingerprint density at radius 1 is 0.857 bits per heavy atom. The molecule has 1 nitrogen and oxygen atoms in total. The predicted molar refractivity (Wildman–Crippen MR) is 92.3 cm³/mol. The topological polar surface area (TPSA) is 17.1 Å². The molecule has 0 aromatic heterocycles. The average Bonchev–Trinajstić information content (AvgIpc) is 2.31. The summed E-state index contributed by atoms with van der Waals surface area (Å²) in [4.78, 5) is 12.8. The monoisotopic (exact) mass is 288 g/mol. The van der Waals surface area contributed by atoms with E-state index in [-0.39, 0.29) is 5.41 Å². The van der Waals surface area contributed by atoms with Crippen LogP contribution in [0.1, 0.15) is 78.7 Å². The Kier molecular flexibility index (Phi) is 5.41. The molecule has 1 aromatic rings. The second kappa shape index (κ2) is 6.34. The lowest BCUT2D eigenvalue weighted by atomic mass is 9.81. The van der Waals surface area contributed by atoms with Crippen LogP contribution in [0.2, 0.25) is 0 Å². The first-order valence-corrected chi connectivity index (χ1v) is 8.06. The molecule has 0 aliphatic rings. The van der Waals surface area contributed by atoms with Crippen molar-refractivity contribution < 1.29 is 4.79 Å². The lowest BCUT2D eigenvalue weighted by Gasteiger charge is -2.24. The van der Waals surface area contributed by atoms with E-state index in [1.165, 1.54) is 27.8 Å². The van der Waals surface area contributed by atoms with Gasteiger partial charge in [-0.3, -0.25) is 4.79 Å². The largest absolute Gasteiger partial charge is 0.294 e. The van der Waals surface area contributed by atoms with Gasteiger partial charge in [-0.15, -0.1) is 0 Å². The molecule has 1 unspecified atom stereocenters. The lowest BCUT2D eigenvalue weighted by molar-refractivity contribution is 0.0953. The van der Waals surface area contributed by atoms with E-state index >= 15 is 0 Å². The number of carbonyl (C=O) groups excluding carboxylic acids is 1. The van der Waals surface area contributed by atoms with Crippen molar-refractivity contribution in [3.8, 4) is 0 Å². The van der Waals surface area contributed by atoms with Crippen LogP contribution in [-0.2, 0) is 0 Å². The van der Waals surface area contributed by atoms with Crippen LogP contribution in [0.4, 0.5) is 0 Å². The van der Waals surface area contributed by atoms with E-state index < -0.39 is 0 Å². The zero-order valence-corrected chi connectivity index (χ0v) is 15.4. The molecular weight excluding hydrogens is 256 g/mol. The molecular formula is C20H32O. The molecule has 0 amide bonds. The Bertz CT molecular complexity index is 515. The summed E-state index contributed by atoms with van der Waals surface area (Å²) < 4.78 is 0. The summed E-state index contributed by atoms with van der Waals surface area (Å²) in [6.07, 6.45) is 1.74. The normalized spacial score (nSPS) is 13.4. The molecule has 0 bridgehead atoms. The van der Waals surface area contributed by atoms with Gasteiger partial charge in [-0.1, -0.05) is 27.7 Å². The number of ketones is 1. The molecule has 0 saturated heterocycles. The zero-order chi connectivity index (χ0) is 16.5. The van der Waals surface area contributed by atoms with Crippen molar-refractivity contribution in [2.75, 3.05) is 0 Å². The smallest absolute Gasteiger partial charge is 0.163 e. The van der Waals surface area contributed by atoms with Crippen LogP contribution in [0.5, 0.6) is 0 Å². The van der Waals surface area contributed by atoms with Crippen molar-refractivity contribution in [1.29, 1.82) is 0 Å². The Labute approximate surface area is 131 Å². The molecule has 0 saturated carbocycles. The van der Waals surface area contributed by atoms with Crippen LogP contribution in [0.15, 0.2) is 0 Å². The lowest BCUT2D eigenvalue weighted by Crippen LogP contribution is -2.16. The highest BCUT2D eigenvalue weighted by Gasteiger charge is 2.22. The second-order valence-corrected chi connectivity index (χ2v) is 8.00. The summed E-state index contributed by atoms with van der Waals surface area (Å²) >= 11 is 0. The van der Waals surface area contributed by atoms with Crippen molar-refractivity contribution in [2.24, 2.45) is 11.3 Å². The molecule has 1 atom stereocenters. The first kappa shape index (κ1) is 17.9. The van der Waals surface area contributed by atoms with Gasteiger partial charge in [0.15, 0.2) is 5.78 Å². The highest BCUT2D eigenvalue weighted by Crippen LogP contribution is 2.30. The number of carbonyl (C=O) groups is 1. The zero-order valence-electron chi connectivity index (χ0n) is 15.4. The number of rotatable bonds is 4. The van der Waals surface area contributed by atoms with Crippen LogP contribution >= 0.6 is 0 Å². The number of hydrogen-bond donors (Lipinski definition) is 0. The van der Waals surface area contributed by atoms with Gasteiger partial charge in [0.2, 0.25) is 0 Å². The Morgan fingerprint density at radius 3 is 1.62 bits per heavy atom.